The SMILES string of the molecule is CN(CCOc1ccccc1)C(=O)c1cn(C2CCNCC2)nn1.Cl. The topological polar surface area (TPSA) is 72.3 Å². The third-order valence-corrected chi connectivity index (χ3v) is 4.20. The standard InChI is InChI=1S/C17H23N5O2.ClH/c1-21(11-12-24-15-5-3-2-4-6-15)17(23)16-13-22(20-19-16)14-7-9-18-10-8-14;/h2-6,13-14,18H,7-12H2,1H3;1H. The van der Waals surface area contributed by atoms with E-state index in [0.717, 1.165) is 31.7 Å². The van der Waals surface area contributed by atoms with E-state index in [1.807, 2.05) is 35.0 Å². The highest BCUT2D eigenvalue weighted by Crippen LogP contribution is 2.17. The highest BCUT2D eigenvalue weighted by Gasteiger charge is 2.20. The van der Waals surface area contributed by atoms with Crippen molar-refractivity contribution in [3.8, 4) is 5.75 Å². The van der Waals surface area contributed by atoms with Crippen LogP contribution in [0, 0.1) is 0 Å². The number of carbonyl (C=O) groups is 1. The van der Waals surface area contributed by atoms with Crippen molar-refractivity contribution in [2.24, 2.45) is 0 Å². The van der Waals surface area contributed by atoms with Crippen LogP contribution in [0.1, 0.15) is 29.4 Å². The van der Waals surface area contributed by atoms with Crippen LogP contribution in [0.5, 0.6) is 5.75 Å². The van der Waals surface area contributed by atoms with Crippen LogP contribution >= 0.6 is 12.4 Å². The summed E-state index contributed by atoms with van der Waals surface area (Å²) in [5.41, 5.74) is 0.385. The molecule has 2 aromatic rings. The molecule has 1 saturated heterocycles. The molecule has 0 bridgehead atoms. The van der Waals surface area contributed by atoms with E-state index in [9.17, 15) is 4.79 Å². The number of rotatable bonds is 6. The first-order valence-corrected chi connectivity index (χ1v) is 8.30. The summed E-state index contributed by atoms with van der Waals surface area (Å²) >= 11 is 0. The average molecular weight is 366 g/mol. The first-order chi connectivity index (χ1) is 11.7. The molecule has 3 rings (SSSR count). The molecular formula is C17H24ClN5O2. The molecular weight excluding hydrogens is 342 g/mol. The van der Waals surface area contributed by atoms with Gasteiger partial charge in [0.05, 0.1) is 18.8 Å². The van der Waals surface area contributed by atoms with E-state index in [4.69, 9.17) is 4.74 Å². The minimum absolute atomic E-state index is 0. The van der Waals surface area contributed by atoms with Crippen LogP contribution in [0.15, 0.2) is 36.5 Å². The number of para-hydroxylation sites is 1. The molecule has 0 unspecified atom stereocenters. The molecule has 136 valence electrons. The van der Waals surface area contributed by atoms with Crippen molar-refractivity contribution < 1.29 is 9.53 Å². The van der Waals surface area contributed by atoms with Gasteiger partial charge in [-0.05, 0) is 38.1 Å². The van der Waals surface area contributed by atoms with Crippen molar-refractivity contribution in [1.29, 1.82) is 0 Å². The lowest BCUT2D eigenvalue weighted by Crippen LogP contribution is -2.31. The molecule has 1 N–H and O–H groups in total. The van der Waals surface area contributed by atoms with Crippen LogP contribution in [0.3, 0.4) is 0 Å². The van der Waals surface area contributed by atoms with Gasteiger partial charge in [0.1, 0.15) is 12.4 Å². The van der Waals surface area contributed by atoms with Gasteiger partial charge >= 0.3 is 0 Å². The third-order valence-electron chi connectivity index (χ3n) is 4.20. The molecule has 8 heteroatoms. The van der Waals surface area contributed by atoms with Crippen molar-refractivity contribution in [2.75, 3.05) is 33.3 Å². The molecule has 7 nitrogen and oxygen atoms in total. The summed E-state index contributed by atoms with van der Waals surface area (Å²) in [6.07, 6.45) is 3.78. The van der Waals surface area contributed by atoms with Gasteiger partial charge < -0.3 is 15.0 Å². The number of likely N-dealkylation sites (N-methyl/N-ethyl adjacent to an activating group) is 1. The van der Waals surface area contributed by atoms with E-state index in [0.29, 0.717) is 24.9 Å². The Kier molecular flexibility index (Phi) is 7.21. The van der Waals surface area contributed by atoms with Gasteiger partial charge in [0.25, 0.3) is 5.91 Å². The molecule has 0 radical (unpaired) electrons. The summed E-state index contributed by atoms with van der Waals surface area (Å²) in [4.78, 5) is 14.0. The zero-order valence-corrected chi connectivity index (χ0v) is 15.1. The fraction of sp³-hybridized carbons (Fsp3) is 0.471. The van der Waals surface area contributed by atoms with E-state index in [2.05, 4.69) is 15.6 Å². The zero-order valence-electron chi connectivity index (χ0n) is 14.3. The van der Waals surface area contributed by atoms with Crippen molar-refractivity contribution in [2.45, 2.75) is 18.9 Å². The van der Waals surface area contributed by atoms with Crippen LogP contribution < -0.4 is 10.1 Å². The van der Waals surface area contributed by atoms with Crippen molar-refractivity contribution in [1.82, 2.24) is 25.2 Å². The Labute approximate surface area is 153 Å². The second kappa shape index (κ2) is 9.39. The van der Waals surface area contributed by atoms with E-state index in [1.54, 1.807) is 18.1 Å². The van der Waals surface area contributed by atoms with Gasteiger partial charge in [-0.3, -0.25) is 4.79 Å². The Morgan fingerprint density at radius 3 is 2.76 bits per heavy atom. The van der Waals surface area contributed by atoms with E-state index < -0.39 is 0 Å². The quantitative estimate of drug-likeness (QED) is 0.844. The number of aromatic nitrogens is 3. The highest BCUT2D eigenvalue weighted by atomic mass is 35.5. The van der Waals surface area contributed by atoms with Gasteiger partial charge in [0.15, 0.2) is 5.69 Å². The number of carbonyl (C=O) groups excluding carboxylic acids is 1. The second-order valence-corrected chi connectivity index (χ2v) is 5.95. The Balaban J connectivity index is 0.00000225. The summed E-state index contributed by atoms with van der Waals surface area (Å²) in [5, 5.41) is 11.5. The molecule has 25 heavy (non-hydrogen) atoms. The predicted molar refractivity (Wildman–Crippen MR) is 97.3 cm³/mol. The van der Waals surface area contributed by atoms with Gasteiger partial charge in [-0.25, -0.2) is 4.68 Å². The van der Waals surface area contributed by atoms with E-state index in [-0.39, 0.29) is 18.3 Å². The number of halogens is 1. The molecule has 0 atom stereocenters. The van der Waals surface area contributed by atoms with Crippen LogP contribution in [-0.4, -0.2) is 59.1 Å². The van der Waals surface area contributed by atoms with Gasteiger partial charge in [0.2, 0.25) is 0 Å². The number of nitrogens with zero attached hydrogens (tertiary/aromatic N) is 4. The molecule has 1 fully saturated rings. The second-order valence-electron chi connectivity index (χ2n) is 5.95. The summed E-state index contributed by atoms with van der Waals surface area (Å²) in [6.45, 7) is 2.89. The minimum Gasteiger partial charge on any atom is -0.492 e. The molecule has 1 aromatic heterocycles. The fourth-order valence-corrected chi connectivity index (χ4v) is 2.74. The summed E-state index contributed by atoms with van der Waals surface area (Å²) < 4.78 is 7.44. The van der Waals surface area contributed by atoms with Crippen LogP contribution in [-0.2, 0) is 0 Å². The molecule has 0 aliphatic carbocycles. The maximum absolute atomic E-state index is 12.4. The Hall–Kier alpha value is -2.12. The lowest BCUT2D eigenvalue weighted by Gasteiger charge is -2.22. The van der Waals surface area contributed by atoms with Crippen LogP contribution in [0.4, 0.5) is 0 Å². The number of ether oxygens (including phenoxy) is 1. The lowest BCUT2D eigenvalue weighted by molar-refractivity contribution is 0.0768. The van der Waals surface area contributed by atoms with E-state index >= 15 is 0 Å². The maximum Gasteiger partial charge on any atom is 0.275 e. The number of hydrogen-bond acceptors (Lipinski definition) is 5. The number of benzene rings is 1. The number of nitrogens with one attached hydrogen (secondary N) is 1. The molecule has 1 aliphatic heterocycles. The molecule has 1 amide bonds. The number of piperidine rings is 1. The average Bonchev–Trinajstić information content (AvgIpc) is 3.13. The monoisotopic (exact) mass is 365 g/mol. The smallest absolute Gasteiger partial charge is 0.275 e. The fourth-order valence-electron chi connectivity index (χ4n) is 2.74. The zero-order chi connectivity index (χ0) is 16.8. The van der Waals surface area contributed by atoms with Gasteiger partial charge in [-0.1, -0.05) is 23.4 Å². The Morgan fingerprint density at radius 2 is 2.04 bits per heavy atom. The summed E-state index contributed by atoms with van der Waals surface area (Å²) in [7, 11) is 1.75. The van der Waals surface area contributed by atoms with Crippen LogP contribution in [0.25, 0.3) is 0 Å². The number of amides is 1. The normalized spacial score (nSPS) is 14.6. The van der Waals surface area contributed by atoms with Gasteiger partial charge in [-0.2, -0.15) is 0 Å². The van der Waals surface area contributed by atoms with Gasteiger partial charge in [-0.15, -0.1) is 17.5 Å². The predicted octanol–water partition coefficient (Wildman–Crippen LogP) is 1.78. The van der Waals surface area contributed by atoms with Crippen LogP contribution in [0.2, 0.25) is 0 Å². The maximum atomic E-state index is 12.4. The summed E-state index contributed by atoms with van der Waals surface area (Å²) in [6, 6.07) is 9.90. The van der Waals surface area contributed by atoms with Crippen molar-refractivity contribution in [3.05, 3.63) is 42.2 Å². The van der Waals surface area contributed by atoms with Gasteiger partial charge in [0, 0.05) is 7.05 Å². The largest absolute Gasteiger partial charge is 0.492 e. The third kappa shape index (κ3) is 5.17. The summed E-state index contributed by atoms with van der Waals surface area (Å²) in [5.74, 6) is 0.669. The molecule has 0 saturated carbocycles. The molecule has 0 spiro atoms. The molecule has 1 aliphatic rings. The first-order valence-electron chi connectivity index (χ1n) is 8.30. The molecule has 1 aromatic carbocycles. The van der Waals surface area contributed by atoms with Crippen molar-refractivity contribution >= 4 is 18.3 Å². The number of hydrogen-bond donors (Lipinski definition) is 1. The van der Waals surface area contributed by atoms with Crippen molar-refractivity contribution in [3.63, 3.8) is 0 Å². The Bertz CT molecular complexity index is 658. The van der Waals surface area contributed by atoms with E-state index in [1.165, 1.54) is 0 Å². The lowest BCUT2D eigenvalue weighted by atomic mass is 10.1. The Morgan fingerprint density at radius 1 is 1.32 bits per heavy atom. The highest BCUT2D eigenvalue weighted by molar-refractivity contribution is 5.91. The minimum atomic E-state index is -0.133. The molecule has 2 heterocycles. The first kappa shape index (κ1) is 19.2.